The second-order valence-electron chi connectivity index (χ2n) is 6.84. The van der Waals surface area contributed by atoms with Crippen LogP contribution in [0.15, 0.2) is 60.8 Å². The number of nitrogens with zero attached hydrogens (tertiary/aromatic N) is 3. The molecule has 5 nitrogen and oxygen atoms in total. The Morgan fingerprint density at radius 1 is 1.04 bits per heavy atom. The molecule has 3 aromatic rings. The number of hydrogen-bond acceptors (Lipinski definition) is 4. The van der Waals surface area contributed by atoms with Crippen molar-refractivity contribution < 1.29 is 4.79 Å². The molecule has 0 spiro atoms. The van der Waals surface area contributed by atoms with Gasteiger partial charge in [-0.15, -0.1) is 0 Å². The number of hydrogen-bond donors (Lipinski definition) is 1. The van der Waals surface area contributed by atoms with Gasteiger partial charge < -0.3 is 10.2 Å². The maximum Gasteiger partial charge on any atom is 0.255 e. The molecule has 0 saturated carbocycles. The van der Waals surface area contributed by atoms with Gasteiger partial charge in [0, 0.05) is 36.1 Å². The fraction of sp³-hybridized carbons (Fsp3) is 0.227. The van der Waals surface area contributed by atoms with Gasteiger partial charge in [0.2, 0.25) is 5.95 Å². The summed E-state index contributed by atoms with van der Waals surface area (Å²) in [5, 5.41) is 2.93. The summed E-state index contributed by atoms with van der Waals surface area (Å²) in [4.78, 5) is 23.8. The van der Waals surface area contributed by atoms with Crippen LogP contribution in [0.5, 0.6) is 0 Å². The van der Waals surface area contributed by atoms with Crippen molar-refractivity contribution in [3.8, 4) is 11.3 Å². The molecule has 2 aromatic carbocycles. The lowest BCUT2D eigenvalue weighted by molar-refractivity contribution is 0.102. The van der Waals surface area contributed by atoms with Crippen molar-refractivity contribution >= 4 is 17.5 Å². The third kappa shape index (κ3) is 3.97. The molecular formula is C22H22N4O. The van der Waals surface area contributed by atoms with E-state index in [1.165, 1.54) is 12.8 Å². The summed E-state index contributed by atoms with van der Waals surface area (Å²) in [5.74, 6) is 0.666. The number of nitrogens with one attached hydrogen (secondary N) is 1. The van der Waals surface area contributed by atoms with Crippen LogP contribution in [0.25, 0.3) is 11.3 Å². The highest BCUT2D eigenvalue weighted by Crippen LogP contribution is 2.22. The number of aryl methyl sites for hydroxylation is 1. The molecular weight excluding hydrogens is 336 g/mol. The number of aromatic nitrogens is 2. The van der Waals surface area contributed by atoms with E-state index in [1.807, 2.05) is 61.5 Å². The highest BCUT2D eigenvalue weighted by Gasteiger charge is 2.15. The number of anilines is 2. The second kappa shape index (κ2) is 7.58. The monoisotopic (exact) mass is 358 g/mol. The first-order valence-corrected chi connectivity index (χ1v) is 9.25. The van der Waals surface area contributed by atoms with Crippen molar-refractivity contribution in [1.82, 2.24) is 9.97 Å². The third-order valence-corrected chi connectivity index (χ3v) is 4.75. The van der Waals surface area contributed by atoms with Crippen molar-refractivity contribution in [3.63, 3.8) is 0 Å². The number of carbonyl (C=O) groups is 1. The summed E-state index contributed by atoms with van der Waals surface area (Å²) in [7, 11) is 0. The van der Waals surface area contributed by atoms with E-state index in [0.717, 1.165) is 41.5 Å². The van der Waals surface area contributed by atoms with Crippen LogP contribution in [0.1, 0.15) is 28.8 Å². The molecule has 0 unspecified atom stereocenters. The second-order valence-corrected chi connectivity index (χ2v) is 6.84. The molecule has 0 aliphatic carbocycles. The Kier molecular flexibility index (Phi) is 4.83. The topological polar surface area (TPSA) is 58.1 Å². The van der Waals surface area contributed by atoms with E-state index in [9.17, 15) is 4.79 Å². The summed E-state index contributed by atoms with van der Waals surface area (Å²) < 4.78 is 0. The molecule has 4 rings (SSSR count). The SMILES string of the molecule is Cc1cccc(NC(=O)c2ccc(-c3ccnc(N4CCCC4)n3)cc2)c1. The van der Waals surface area contributed by atoms with Gasteiger partial charge in [0.15, 0.2) is 0 Å². The maximum atomic E-state index is 12.5. The van der Waals surface area contributed by atoms with Crippen molar-refractivity contribution in [3.05, 3.63) is 71.9 Å². The molecule has 2 heterocycles. The molecule has 1 N–H and O–H groups in total. The maximum absolute atomic E-state index is 12.5. The van der Waals surface area contributed by atoms with Crippen molar-refractivity contribution in [2.45, 2.75) is 19.8 Å². The van der Waals surface area contributed by atoms with Gasteiger partial charge in [0.05, 0.1) is 5.69 Å². The van der Waals surface area contributed by atoms with Gasteiger partial charge in [0.25, 0.3) is 5.91 Å². The van der Waals surface area contributed by atoms with Gasteiger partial charge in [-0.25, -0.2) is 9.97 Å². The quantitative estimate of drug-likeness (QED) is 0.755. The Balaban J connectivity index is 1.50. The predicted molar refractivity (Wildman–Crippen MR) is 108 cm³/mol. The van der Waals surface area contributed by atoms with Gasteiger partial charge in [-0.3, -0.25) is 4.79 Å². The molecule has 136 valence electrons. The normalized spacial score (nSPS) is 13.6. The molecule has 27 heavy (non-hydrogen) atoms. The van der Waals surface area contributed by atoms with E-state index >= 15 is 0 Å². The highest BCUT2D eigenvalue weighted by atomic mass is 16.1. The number of carbonyl (C=O) groups excluding carboxylic acids is 1. The Morgan fingerprint density at radius 2 is 1.81 bits per heavy atom. The van der Waals surface area contributed by atoms with E-state index in [0.29, 0.717) is 5.56 Å². The zero-order valence-electron chi connectivity index (χ0n) is 15.4. The zero-order valence-corrected chi connectivity index (χ0v) is 15.4. The zero-order chi connectivity index (χ0) is 18.6. The first-order valence-electron chi connectivity index (χ1n) is 9.25. The van der Waals surface area contributed by atoms with Crippen LogP contribution in [-0.2, 0) is 0 Å². The van der Waals surface area contributed by atoms with E-state index < -0.39 is 0 Å². The third-order valence-electron chi connectivity index (χ3n) is 4.75. The fourth-order valence-corrected chi connectivity index (χ4v) is 3.30. The molecule has 1 aromatic heterocycles. The molecule has 1 saturated heterocycles. The Hall–Kier alpha value is -3.21. The molecule has 0 atom stereocenters. The standard InChI is InChI=1S/C22H22N4O/c1-16-5-4-6-19(15-16)24-21(27)18-9-7-17(8-10-18)20-11-12-23-22(25-20)26-13-2-3-14-26/h4-12,15H,2-3,13-14H2,1H3,(H,24,27). The van der Waals surface area contributed by atoms with E-state index in [1.54, 1.807) is 6.20 Å². The summed E-state index contributed by atoms with van der Waals surface area (Å²) in [6.07, 6.45) is 4.19. The molecule has 0 radical (unpaired) electrons. The lowest BCUT2D eigenvalue weighted by atomic mass is 10.1. The van der Waals surface area contributed by atoms with Crippen LogP contribution >= 0.6 is 0 Å². The molecule has 1 aliphatic rings. The van der Waals surface area contributed by atoms with Crippen molar-refractivity contribution in [2.75, 3.05) is 23.3 Å². The minimum Gasteiger partial charge on any atom is -0.341 e. The summed E-state index contributed by atoms with van der Waals surface area (Å²) in [6.45, 7) is 4.03. The minimum atomic E-state index is -0.118. The van der Waals surface area contributed by atoms with Gasteiger partial charge in [0.1, 0.15) is 0 Å². The molecule has 0 bridgehead atoms. The fourth-order valence-electron chi connectivity index (χ4n) is 3.30. The summed E-state index contributed by atoms with van der Waals surface area (Å²) in [5.41, 5.74) is 4.38. The number of benzene rings is 2. The predicted octanol–water partition coefficient (Wildman–Crippen LogP) is 4.30. The lowest BCUT2D eigenvalue weighted by Gasteiger charge is -2.15. The Morgan fingerprint density at radius 3 is 2.56 bits per heavy atom. The average molecular weight is 358 g/mol. The average Bonchev–Trinajstić information content (AvgIpc) is 3.23. The van der Waals surface area contributed by atoms with Gasteiger partial charge in [-0.2, -0.15) is 0 Å². The van der Waals surface area contributed by atoms with E-state index in [4.69, 9.17) is 4.98 Å². The Labute approximate surface area is 159 Å². The smallest absolute Gasteiger partial charge is 0.255 e. The van der Waals surface area contributed by atoms with Crippen molar-refractivity contribution in [2.24, 2.45) is 0 Å². The number of amides is 1. The van der Waals surface area contributed by atoms with Crippen LogP contribution in [0, 0.1) is 6.92 Å². The van der Waals surface area contributed by atoms with Crippen LogP contribution < -0.4 is 10.2 Å². The van der Waals surface area contributed by atoms with Crippen LogP contribution in [0.4, 0.5) is 11.6 Å². The van der Waals surface area contributed by atoms with E-state index in [2.05, 4.69) is 15.2 Å². The minimum absolute atomic E-state index is 0.118. The highest BCUT2D eigenvalue weighted by molar-refractivity contribution is 6.04. The molecule has 5 heteroatoms. The van der Waals surface area contributed by atoms with Crippen LogP contribution in [0.2, 0.25) is 0 Å². The number of rotatable bonds is 4. The van der Waals surface area contributed by atoms with Crippen LogP contribution in [0.3, 0.4) is 0 Å². The Bertz CT molecular complexity index is 947. The first-order chi connectivity index (χ1) is 13.2. The first kappa shape index (κ1) is 17.2. The molecule has 1 aliphatic heterocycles. The largest absolute Gasteiger partial charge is 0.341 e. The van der Waals surface area contributed by atoms with Gasteiger partial charge in [-0.1, -0.05) is 24.3 Å². The molecule has 1 fully saturated rings. The lowest BCUT2D eigenvalue weighted by Crippen LogP contribution is -2.20. The summed E-state index contributed by atoms with van der Waals surface area (Å²) in [6, 6.07) is 17.2. The van der Waals surface area contributed by atoms with Crippen LogP contribution in [-0.4, -0.2) is 29.0 Å². The van der Waals surface area contributed by atoms with Crippen molar-refractivity contribution in [1.29, 1.82) is 0 Å². The van der Waals surface area contributed by atoms with E-state index in [-0.39, 0.29) is 5.91 Å². The molecule has 1 amide bonds. The summed E-state index contributed by atoms with van der Waals surface area (Å²) >= 11 is 0. The van der Waals surface area contributed by atoms with Gasteiger partial charge in [-0.05, 0) is 55.7 Å². The van der Waals surface area contributed by atoms with Gasteiger partial charge >= 0.3 is 0 Å².